The molecule has 1 unspecified atom stereocenters. The Hall–Kier alpha value is -2.58. The molecule has 3 aromatic carbocycles. The van der Waals surface area contributed by atoms with Crippen LogP contribution in [-0.2, 0) is 16.6 Å². The average Bonchev–Trinajstić information content (AvgIpc) is 2.78. The topological polar surface area (TPSA) is 95.5 Å². The van der Waals surface area contributed by atoms with Crippen LogP contribution >= 0.6 is 23.2 Å². The molecule has 174 valence electrons. The molecule has 3 aromatic rings. The van der Waals surface area contributed by atoms with Crippen LogP contribution in [0.2, 0.25) is 10.0 Å². The Bertz CT molecular complexity index is 1230. The number of anilines is 1. The normalized spacial score (nSPS) is 12.3. The van der Waals surface area contributed by atoms with E-state index < -0.39 is 16.0 Å². The SMILES string of the molecule is CCCC(Nc1cc(Cl)c(S(=O)(=O)NCc2cccc(Cl)c2)cc1C(=O)O)c1ccccc1. The van der Waals surface area contributed by atoms with Crippen LogP contribution in [0.3, 0.4) is 0 Å². The van der Waals surface area contributed by atoms with Crippen LogP contribution in [0.15, 0.2) is 71.6 Å². The maximum atomic E-state index is 12.9. The average molecular weight is 507 g/mol. The van der Waals surface area contributed by atoms with Crippen LogP contribution in [0.5, 0.6) is 0 Å². The molecule has 0 aliphatic heterocycles. The van der Waals surface area contributed by atoms with Gasteiger partial charge in [0, 0.05) is 11.6 Å². The van der Waals surface area contributed by atoms with E-state index in [4.69, 9.17) is 23.2 Å². The largest absolute Gasteiger partial charge is 0.478 e. The molecule has 9 heteroatoms. The Balaban J connectivity index is 1.92. The van der Waals surface area contributed by atoms with Gasteiger partial charge in [0.15, 0.2) is 0 Å². The highest BCUT2D eigenvalue weighted by atomic mass is 35.5. The van der Waals surface area contributed by atoms with E-state index in [1.807, 2.05) is 37.3 Å². The lowest BCUT2D eigenvalue weighted by atomic mass is 10.0. The molecule has 0 saturated carbocycles. The van der Waals surface area contributed by atoms with E-state index in [-0.39, 0.29) is 33.8 Å². The molecule has 1 atom stereocenters. The Morgan fingerprint density at radius 3 is 2.39 bits per heavy atom. The zero-order chi connectivity index (χ0) is 24.0. The fourth-order valence-electron chi connectivity index (χ4n) is 3.44. The molecule has 0 radical (unpaired) electrons. The van der Waals surface area contributed by atoms with E-state index in [0.29, 0.717) is 10.6 Å². The Morgan fingerprint density at radius 1 is 1.03 bits per heavy atom. The Morgan fingerprint density at radius 2 is 1.76 bits per heavy atom. The Kier molecular flexibility index (Phi) is 8.37. The van der Waals surface area contributed by atoms with Gasteiger partial charge in [0.2, 0.25) is 10.0 Å². The molecule has 0 spiro atoms. The minimum Gasteiger partial charge on any atom is -0.478 e. The van der Waals surface area contributed by atoms with Gasteiger partial charge < -0.3 is 10.4 Å². The lowest BCUT2D eigenvalue weighted by Gasteiger charge is -2.22. The summed E-state index contributed by atoms with van der Waals surface area (Å²) in [5, 5.41) is 13.4. The lowest BCUT2D eigenvalue weighted by Crippen LogP contribution is -2.24. The highest BCUT2D eigenvalue weighted by Gasteiger charge is 2.24. The second kappa shape index (κ2) is 11.0. The van der Waals surface area contributed by atoms with E-state index in [2.05, 4.69) is 10.0 Å². The van der Waals surface area contributed by atoms with Crippen molar-refractivity contribution in [2.24, 2.45) is 0 Å². The van der Waals surface area contributed by atoms with Gasteiger partial charge in [0.05, 0.1) is 22.3 Å². The number of sulfonamides is 1. The molecule has 6 nitrogen and oxygen atoms in total. The predicted molar refractivity (Wildman–Crippen MR) is 132 cm³/mol. The molecule has 0 aliphatic rings. The molecule has 3 rings (SSSR count). The third-order valence-corrected chi connectivity index (χ3v) is 7.16. The summed E-state index contributed by atoms with van der Waals surface area (Å²) in [5.41, 5.74) is 1.72. The first kappa shape index (κ1) is 25.1. The molecular formula is C24H24Cl2N2O4S. The zero-order valence-electron chi connectivity index (χ0n) is 17.9. The summed E-state index contributed by atoms with van der Waals surface area (Å²) in [6.45, 7) is 2.01. The first-order valence-corrected chi connectivity index (χ1v) is 12.6. The second-order valence-corrected chi connectivity index (χ2v) is 10.1. The zero-order valence-corrected chi connectivity index (χ0v) is 20.2. The van der Waals surface area contributed by atoms with E-state index in [1.165, 1.54) is 6.07 Å². The van der Waals surface area contributed by atoms with Gasteiger partial charge in [-0.05, 0) is 41.8 Å². The van der Waals surface area contributed by atoms with Gasteiger partial charge in [-0.1, -0.05) is 79.0 Å². The number of carbonyl (C=O) groups is 1. The van der Waals surface area contributed by atoms with Crippen molar-refractivity contribution in [2.75, 3.05) is 5.32 Å². The van der Waals surface area contributed by atoms with Crippen LogP contribution in [-0.4, -0.2) is 19.5 Å². The summed E-state index contributed by atoms with van der Waals surface area (Å²) in [4.78, 5) is 11.7. The maximum absolute atomic E-state index is 12.9. The minimum atomic E-state index is -4.08. The van der Waals surface area contributed by atoms with Gasteiger partial charge in [-0.25, -0.2) is 17.9 Å². The van der Waals surface area contributed by atoms with Crippen molar-refractivity contribution < 1.29 is 18.3 Å². The first-order valence-electron chi connectivity index (χ1n) is 10.3. The molecule has 0 aliphatic carbocycles. The summed E-state index contributed by atoms with van der Waals surface area (Å²) in [5.74, 6) is -1.26. The number of hydrogen-bond donors (Lipinski definition) is 3. The number of carboxylic acids is 1. The van der Waals surface area contributed by atoms with Crippen LogP contribution in [0.25, 0.3) is 0 Å². The third kappa shape index (κ3) is 6.48. The number of halogens is 2. The standard InChI is InChI=1S/C24H24Cl2N2O4S/c1-2-7-21(17-9-4-3-5-10-17)28-22-14-20(26)23(13-19(22)24(29)30)33(31,32)27-15-16-8-6-11-18(25)12-16/h3-6,8-14,21,27-28H,2,7,15H2,1H3,(H,29,30). The van der Waals surface area contributed by atoms with Gasteiger partial charge >= 0.3 is 5.97 Å². The van der Waals surface area contributed by atoms with Gasteiger partial charge in [-0.15, -0.1) is 0 Å². The van der Waals surface area contributed by atoms with Crippen molar-refractivity contribution >= 4 is 44.9 Å². The molecule has 0 aromatic heterocycles. The fourth-order valence-corrected chi connectivity index (χ4v) is 5.22. The van der Waals surface area contributed by atoms with Crippen LogP contribution in [0, 0.1) is 0 Å². The molecule has 0 bridgehead atoms. The lowest BCUT2D eigenvalue weighted by molar-refractivity contribution is 0.0697. The van der Waals surface area contributed by atoms with Crippen molar-refractivity contribution in [3.63, 3.8) is 0 Å². The van der Waals surface area contributed by atoms with E-state index in [9.17, 15) is 18.3 Å². The Labute approximate surface area is 203 Å². The van der Waals surface area contributed by atoms with Gasteiger partial charge in [0.1, 0.15) is 4.90 Å². The predicted octanol–water partition coefficient (Wildman–Crippen LogP) is 6.12. The summed E-state index contributed by atoms with van der Waals surface area (Å²) in [6, 6.07) is 18.7. The third-order valence-electron chi connectivity index (χ3n) is 5.06. The van der Waals surface area contributed by atoms with Gasteiger partial charge in [-0.3, -0.25) is 0 Å². The van der Waals surface area contributed by atoms with Gasteiger partial charge in [0.25, 0.3) is 0 Å². The monoisotopic (exact) mass is 506 g/mol. The number of carboxylic acid groups (broad SMARTS) is 1. The molecule has 33 heavy (non-hydrogen) atoms. The van der Waals surface area contributed by atoms with Crippen molar-refractivity contribution in [3.8, 4) is 0 Å². The van der Waals surface area contributed by atoms with E-state index >= 15 is 0 Å². The van der Waals surface area contributed by atoms with Crippen LogP contribution < -0.4 is 10.0 Å². The summed E-state index contributed by atoms with van der Waals surface area (Å²) in [7, 11) is -4.08. The number of hydrogen-bond acceptors (Lipinski definition) is 4. The molecule has 0 fully saturated rings. The van der Waals surface area contributed by atoms with Crippen LogP contribution in [0.4, 0.5) is 5.69 Å². The summed E-state index contributed by atoms with van der Waals surface area (Å²) < 4.78 is 28.3. The van der Waals surface area contributed by atoms with Crippen molar-refractivity contribution in [2.45, 2.75) is 37.2 Å². The number of aromatic carboxylic acids is 1. The summed E-state index contributed by atoms with van der Waals surface area (Å²) in [6.07, 6.45) is 1.62. The highest BCUT2D eigenvalue weighted by molar-refractivity contribution is 7.89. The number of benzene rings is 3. The number of nitrogens with one attached hydrogen (secondary N) is 2. The van der Waals surface area contributed by atoms with Crippen molar-refractivity contribution in [3.05, 3.63) is 93.5 Å². The van der Waals surface area contributed by atoms with E-state index in [1.54, 1.807) is 24.3 Å². The van der Waals surface area contributed by atoms with Gasteiger partial charge in [-0.2, -0.15) is 0 Å². The number of rotatable bonds is 10. The smallest absolute Gasteiger partial charge is 0.337 e. The molecular weight excluding hydrogens is 483 g/mol. The molecule has 0 amide bonds. The van der Waals surface area contributed by atoms with Crippen LogP contribution in [0.1, 0.15) is 47.3 Å². The quantitative estimate of drug-likeness (QED) is 0.307. The fraction of sp³-hybridized carbons (Fsp3) is 0.208. The molecule has 0 heterocycles. The second-order valence-electron chi connectivity index (χ2n) is 7.48. The first-order chi connectivity index (χ1) is 15.7. The van der Waals surface area contributed by atoms with E-state index in [0.717, 1.165) is 24.5 Å². The van der Waals surface area contributed by atoms with Crippen molar-refractivity contribution in [1.29, 1.82) is 0 Å². The maximum Gasteiger partial charge on any atom is 0.337 e. The summed E-state index contributed by atoms with van der Waals surface area (Å²) >= 11 is 12.3. The molecule has 3 N–H and O–H groups in total. The minimum absolute atomic E-state index is 0.0196. The highest BCUT2D eigenvalue weighted by Crippen LogP contribution is 2.32. The molecule has 0 saturated heterocycles. The van der Waals surface area contributed by atoms with Crippen molar-refractivity contribution in [1.82, 2.24) is 4.72 Å².